The Kier molecular flexibility index (Phi) is 12.9. The van der Waals surface area contributed by atoms with Gasteiger partial charge >= 0.3 is 5.97 Å². The molecule has 0 fully saturated rings. The van der Waals surface area contributed by atoms with Gasteiger partial charge in [-0.1, -0.05) is 6.42 Å². The Bertz CT molecular complexity index is 615. The monoisotopic (exact) mass is 432 g/mol. The largest absolute Gasteiger partial charge is 0.480 e. The molecule has 0 bridgehead atoms. The van der Waals surface area contributed by atoms with Crippen molar-refractivity contribution in [1.29, 1.82) is 0 Å². The number of carboxylic acids is 1. The topological polar surface area (TPSA) is 240 Å². The van der Waals surface area contributed by atoms with Crippen LogP contribution >= 0.6 is 0 Å². The lowest BCUT2D eigenvalue weighted by Crippen LogP contribution is -2.57. The molecule has 172 valence electrons. The lowest BCUT2D eigenvalue weighted by atomic mass is 10.1. The van der Waals surface area contributed by atoms with Gasteiger partial charge in [-0.2, -0.15) is 0 Å². The van der Waals surface area contributed by atoms with Crippen molar-refractivity contribution in [2.45, 2.75) is 63.2 Å². The summed E-state index contributed by atoms with van der Waals surface area (Å²) in [6.45, 7) is 0.893. The third-order valence-corrected chi connectivity index (χ3v) is 4.16. The highest BCUT2D eigenvalue weighted by molar-refractivity contribution is 5.94. The zero-order chi connectivity index (χ0) is 23.3. The van der Waals surface area contributed by atoms with Crippen LogP contribution in [0.1, 0.15) is 39.0 Å². The molecule has 4 atom stereocenters. The molecule has 0 aromatic carbocycles. The summed E-state index contributed by atoms with van der Waals surface area (Å²) in [4.78, 5) is 58.7. The van der Waals surface area contributed by atoms with Crippen molar-refractivity contribution >= 4 is 29.6 Å². The molecule has 4 unspecified atom stereocenters. The predicted octanol–water partition coefficient (Wildman–Crippen LogP) is -3.74. The van der Waals surface area contributed by atoms with Crippen molar-refractivity contribution < 1.29 is 34.2 Å². The summed E-state index contributed by atoms with van der Waals surface area (Å²) in [6, 6.07) is -4.87. The highest BCUT2D eigenvalue weighted by atomic mass is 16.4. The van der Waals surface area contributed by atoms with Crippen LogP contribution in [0.15, 0.2) is 0 Å². The molecule has 0 aliphatic carbocycles. The molecule has 0 rings (SSSR count). The Morgan fingerprint density at radius 1 is 0.900 bits per heavy atom. The van der Waals surface area contributed by atoms with Gasteiger partial charge in [0.25, 0.3) is 0 Å². The third-order valence-electron chi connectivity index (χ3n) is 4.16. The average Bonchev–Trinajstić information content (AvgIpc) is 2.68. The number of hydrogen-bond acceptors (Lipinski definition) is 8. The second-order valence-corrected chi connectivity index (χ2v) is 6.77. The SMILES string of the molecule is CC(NC(=O)C(CCC(N)=O)NC(=O)C(CO)NC(=O)C(N)CCCCN)C(=O)O. The molecule has 13 heteroatoms. The van der Waals surface area contributed by atoms with Crippen molar-refractivity contribution in [3.8, 4) is 0 Å². The van der Waals surface area contributed by atoms with E-state index in [-0.39, 0.29) is 12.8 Å². The van der Waals surface area contributed by atoms with Gasteiger partial charge in [-0.3, -0.25) is 24.0 Å². The number of hydrogen-bond donors (Lipinski definition) is 8. The number of unbranched alkanes of at least 4 members (excludes halogenated alkanes) is 1. The van der Waals surface area contributed by atoms with Gasteiger partial charge in [-0.05, 0) is 32.7 Å². The Morgan fingerprint density at radius 2 is 1.47 bits per heavy atom. The summed E-state index contributed by atoms with van der Waals surface area (Å²) in [5.41, 5.74) is 16.2. The maximum Gasteiger partial charge on any atom is 0.325 e. The minimum atomic E-state index is -1.40. The Hall–Kier alpha value is -2.77. The molecule has 0 saturated carbocycles. The second kappa shape index (κ2) is 14.3. The highest BCUT2D eigenvalue weighted by Gasteiger charge is 2.29. The van der Waals surface area contributed by atoms with Crippen LogP contribution in [0.25, 0.3) is 0 Å². The zero-order valence-corrected chi connectivity index (χ0v) is 16.9. The fourth-order valence-electron chi connectivity index (χ4n) is 2.32. The molecule has 0 spiro atoms. The Labute approximate surface area is 174 Å². The van der Waals surface area contributed by atoms with Crippen LogP contribution in [-0.4, -0.2) is 77.1 Å². The summed E-state index contributed by atoms with van der Waals surface area (Å²) in [6.07, 6.45) is 1.15. The van der Waals surface area contributed by atoms with Crippen molar-refractivity contribution in [3.63, 3.8) is 0 Å². The highest BCUT2D eigenvalue weighted by Crippen LogP contribution is 2.02. The number of aliphatic carboxylic acids is 1. The smallest absolute Gasteiger partial charge is 0.325 e. The maximum absolute atomic E-state index is 12.4. The van der Waals surface area contributed by atoms with E-state index < -0.39 is 60.4 Å². The van der Waals surface area contributed by atoms with Gasteiger partial charge in [0, 0.05) is 6.42 Å². The van der Waals surface area contributed by atoms with Crippen molar-refractivity contribution in [3.05, 3.63) is 0 Å². The minimum absolute atomic E-state index is 0.204. The number of aliphatic hydroxyl groups is 1. The van der Waals surface area contributed by atoms with E-state index >= 15 is 0 Å². The van der Waals surface area contributed by atoms with Crippen LogP contribution in [0.4, 0.5) is 0 Å². The van der Waals surface area contributed by atoms with Gasteiger partial charge in [-0.15, -0.1) is 0 Å². The summed E-state index contributed by atoms with van der Waals surface area (Å²) in [5, 5.41) is 25.1. The van der Waals surface area contributed by atoms with E-state index in [4.69, 9.17) is 22.3 Å². The van der Waals surface area contributed by atoms with E-state index in [1.54, 1.807) is 0 Å². The summed E-state index contributed by atoms with van der Waals surface area (Å²) < 4.78 is 0. The van der Waals surface area contributed by atoms with Crippen LogP contribution in [0.3, 0.4) is 0 Å². The third kappa shape index (κ3) is 10.7. The number of aliphatic hydroxyl groups excluding tert-OH is 1. The van der Waals surface area contributed by atoms with Gasteiger partial charge in [0.2, 0.25) is 23.6 Å². The molecule has 0 aliphatic rings. The van der Waals surface area contributed by atoms with E-state index in [0.29, 0.717) is 25.8 Å². The maximum atomic E-state index is 12.4. The van der Waals surface area contributed by atoms with E-state index in [1.807, 2.05) is 0 Å². The van der Waals surface area contributed by atoms with Crippen LogP contribution < -0.4 is 33.2 Å². The van der Waals surface area contributed by atoms with E-state index in [0.717, 1.165) is 0 Å². The van der Waals surface area contributed by atoms with Crippen LogP contribution in [-0.2, 0) is 24.0 Å². The van der Waals surface area contributed by atoms with Crippen molar-refractivity contribution in [2.24, 2.45) is 17.2 Å². The summed E-state index contributed by atoms with van der Waals surface area (Å²) >= 11 is 0. The molecule has 30 heavy (non-hydrogen) atoms. The quantitative estimate of drug-likeness (QED) is 0.118. The minimum Gasteiger partial charge on any atom is -0.480 e. The zero-order valence-electron chi connectivity index (χ0n) is 16.9. The molecular weight excluding hydrogens is 400 g/mol. The summed E-state index contributed by atoms with van der Waals surface area (Å²) in [5.74, 6) is -4.47. The number of rotatable bonds is 15. The van der Waals surface area contributed by atoms with Gasteiger partial charge < -0.3 is 43.4 Å². The first-order valence-electron chi connectivity index (χ1n) is 9.52. The van der Waals surface area contributed by atoms with Crippen molar-refractivity contribution in [2.75, 3.05) is 13.2 Å². The number of carboxylic acid groups (broad SMARTS) is 1. The number of nitrogens with two attached hydrogens (primary N) is 3. The van der Waals surface area contributed by atoms with Gasteiger partial charge in [0.1, 0.15) is 18.1 Å². The van der Waals surface area contributed by atoms with Crippen molar-refractivity contribution in [1.82, 2.24) is 16.0 Å². The molecule has 13 nitrogen and oxygen atoms in total. The molecular formula is C17H32N6O7. The fourth-order valence-corrected chi connectivity index (χ4v) is 2.32. The summed E-state index contributed by atoms with van der Waals surface area (Å²) in [7, 11) is 0. The number of nitrogens with one attached hydrogen (secondary N) is 3. The van der Waals surface area contributed by atoms with Gasteiger partial charge in [-0.25, -0.2) is 0 Å². The molecule has 0 aromatic rings. The lowest BCUT2D eigenvalue weighted by Gasteiger charge is -2.23. The number of amides is 4. The first-order chi connectivity index (χ1) is 14.0. The predicted molar refractivity (Wildman–Crippen MR) is 105 cm³/mol. The number of carbonyl (C=O) groups excluding carboxylic acids is 4. The lowest BCUT2D eigenvalue weighted by molar-refractivity contribution is -0.142. The van der Waals surface area contributed by atoms with Crippen LogP contribution in [0.5, 0.6) is 0 Å². The molecule has 0 saturated heterocycles. The Balaban J connectivity index is 5.05. The molecule has 0 heterocycles. The van der Waals surface area contributed by atoms with Crippen LogP contribution in [0, 0.1) is 0 Å². The number of carbonyl (C=O) groups is 5. The van der Waals surface area contributed by atoms with E-state index in [1.165, 1.54) is 6.92 Å². The van der Waals surface area contributed by atoms with Gasteiger partial charge in [0.05, 0.1) is 12.6 Å². The first kappa shape index (κ1) is 27.2. The molecule has 0 radical (unpaired) electrons. The standard InChI is InChI=1S/C17H32N6O7/c1-9(17(29)30)21-15(27)11(5-6-13(20)25)22-16(28)12(8-24)23-14(26)10(19)4-2-3-7-18/h9-12,24H,2-8,18-19H2,1H3,(H2,20,25)(H,21,27)(H,22,28)(H,23,26)(H,29,30). The molecule has 4 amide bonds. The second-order valence-electron chi connectivity index (χ2n) is 6.77. The van der Waals surface area contributed by atoms with Crippen LogP contribution in [0.2, 0.25) is 0 Å². The van der Waals surface area contributed by atoms with E-state index in [9.17, 15) is 29.1 Å². The molecule has 0 aliphatic heterocycles. The number of primary amides is 1. The van der Waals surface area contributed by atoms with Gasteiger partial charge in [0.15, 0.2) is 0 Å². The average molecular weight is 432 g/mol. The Morgan fingerprint density at radius 3 is 1.97 bits per heavy atom. The molecule has 11 N–H and O–H groups in total. The van der Waals surface area contributed by atoms with E-state index in [2.05, 4.69) is 16.0 Å². The first-order valence-corrected chi connectivity index (χ1v) is 9.52. The fraction of sp³-hybridized carbons (Fsp3) is 0.706. The molecule has 0 aromatic heterocycles. The normalized spacial score (nSPS) is 14.7.